The number of benzene rings is 5. The van der Waals surface area contributed by atoms with Crippen LogP contribution in [0.4, 0.5) is 0 Å². The number of hydrogen-bond donors (Lipinski definition) is 0. The summed E-state index contributed by atoms with van der Waals surface area (Å²) in [6.07, 6.45) is 8.99. The normalized spacial score (nSPS) is 14.2. The van der Waals surface area contributed by atoms with E-state index in [1.165, 1.54) is 86.0 Å². The number of nitrogens with zero attached hydrogens (tertiary/aromatic N) is 1. The van der Waals surface area contributed by atoms with Gasteiger partial charge < -0.3 is 0 Å². The summed E-state index contributed by atoms with van der Waals surface area (Å²) in [5, 5.41) is 8.25. The Balaban J connectivity index is 1.46. The highest BCUT2D eigenvalue weighted by atomic mass is 28.3. The average molecular weight is 575 g/mol. The fourth-order valence-electron chi connectivity index (χ4n) is 7.59. The largest absolute Gasteiger partial charge is 0.220 e. The highest BCUT2D eigenvalue weighted by Gasteiger charge is 2.41. The van der Waals surface area contributed by atoms with Gasteiger partial charge in [-0.05, 0) is 75.1 Å². The summed E-state index contributed by atoms with van der Waals surface area (Å²) in [6.45, 7) is 2.27. The quantitative estimate of drug-likeness (QED) is 0.114. The molecule has 0 amide bonds. The third-order valence-corrected chi connectivity index (χ3v) is 14.6. The summed E-state index contributed by atoms with van der Waals surface area (Å²) in [4.78, 5) is 0. The lowest BCUT2D eigenvalue weighted by atomic mass is 9.82. The van der Waals surface area contributed by atoms with E-state index in [-0.39, 0.29) is 0 Å². The molecule has 0 radical (unpaired) electrons. The van der Waals surface area contributed by atoms with Crippen LogP contribution in [-0.2, 0) is 7.05 Å². The lowest BCUT2D eigenvalue weighted by Gasteiger charge is -2.34. The standard InChI is InChI=1S/C41H40NSi/c1-31-23-24-33(32-15-7-3-8-16-32)30-40(31)41-39-26-25-38(29-34(39)27-28-42(41)2)43(35-17-9-4-10-18-35,36-19-11-5-12-20-36)37-21-13-6-14-22-37/h4-6,9-14,17-30,32H,3,7-8,15-16H2,1-2H3/q+1. The summed E-state index contributed by atoms with van der Waals surface area (Å²) < 4.78 is 2.32. The van der Waals surface area contributed by atoms with Crippen LogP contribution < -0.4 is 25.3 Å². The van der Waals surface area contributed by atoms with Crippen LogP contribution in [0.2, 0.25) is 0 Å². The van der Waals surface area contributed by atoms with E-state index in [1.807, 2.05) is 0 Å². The Morgan fingerprint density at radius 1 is 0.581 bits per heavy atom. The zero-order chi connectivity index (χ0) is 29.2. The Bertz CT molecular complexity index is 1760. The van der Waals surface area contributed by atoms with E-state index in [0.29, 0.717) is 5.92 Å². The van der Waals surface area contributed by atoms with E-state index >= 15 is 0 Å². The molecule has 6 aromatic rings. The third kappa shape index (κ3) is 4.94. The summed E-state index contributed by atoms with van der Waals surface area (Å²) in [7, 11) is -0.376. The second kappa shape index (κ2) is 11.8. The number of rotatable bonds is 6. The van der Waals surface area contributed by atoms with Crippen LogP contribution in [0.15, 0.2) is 140 Å². The van der Waals surface area contributed by atoms with Gasteiger partial charge in [-0.2, -0.15) is 0 Å². The van der Waals surface area contributed by atoms with Crippen LogP contribution in [0, 0.1) is 6.92 Å². The van der Waals surface area contributed by atoms with Gasteiger partial charge >= 0.3 is 0 Å². The van der Waals surface area contributed by atoms with Gasteiger partial charge in [0.25, 0.3) is 0 Å². The first-order valence-electron chi connectivity index (χ1n) is 15.9. The van der Waals surface area contributed by atoms with Crippen LogP contribution in [-0.4, -0.2) is 8.07 Å². The van der Waals surface area contributed by atoms with E-state index in [4.69, 9.17) is 0 Å². The molecular formula is C41H40NSi+. The Hall–Kier alpha value is -4.27. The van der Waals surface area contributed by atoms with Crippen LogP contribution >= 0.6 is 0 Å². The number of hydrogen-bond acceptors (Lipinski definition) is 0. The van der Waals surface area contributed by atoms with Crippen molar-refractivity contribution in [3.8, 4) is 11.3 Å². The molecule has 0 atom stereocenters. The highest BCUT2D eigenvalue weighted by molar-refractivity contribution is 7.20. The Labute approximate surface area is 257 Å². The first-order chi connectivity index (χ1) is 21.2. The number of aromatic nitrogens is 1. The first-order valence-corrected chi connectivity index (χ1v) is 17.9. The van der Waals surface area contributed by atoms with E-state index in [0.717, 1.165) is 0 Å². The van der Waals surface area contributed by atoms with Crippen molar-refractivity contribution in [1.82, 2.24) is 0 Å². The van der Waals surface area contributed by atoms with Gasteiger partial charge in [-0.15, -0.1) is 0 Å². The van der Waals surface area contributed by atoms with Crippen LogP contribution in [0.5, 0.6) is 0 Å². The monoisotopic (exact) mass is 574 g/mol. The number of pyridine rings is 1. The van der Waals surface area contributed by atoms with Crippen molar-refractivity contribution < 1.29 is 4.57 Å². The maximum Gasteiger partial charge on any atom is 0.220 e. The molecule has 0 unspecified atom stereocenters. The van der Waals surface area contributed by atoms with Crippen molar-refractivity contribution in [1.29, 1.82) is 0 Å². The Morgan fingerprint density at radius 2 is 1.16 bits per heavy atom. The van der Waals surface area contributed by atoms with Gasteiger partial charge in [-0.3, -0.25) is 0 Å². The van der Waals surface area contributed by atoms with Gasteiger partial charge in [-0.1, -0.05) is 135 Å². The van der Waals surface area contributed by atoms with Gasteiger partial charge in [0, 0.05) is 11.6 Å². The van der Waals surface area contributed by atoms with E-state index in [1.54, 1.807) is 0 Å². The van der Waals surface area contributed by atoms with Crippen molar-refractivity contribution in [2.45, 2.75) is 44.9 Å². The average Bonchev–Trinajstić information content (AvgIpc) is 3.07. The molecule has 212 valence electrons. The predicted octanol–water partition coefficient (Wildman–Crippen LogP) is 7.06. The fourth-order valence-corrected chi connectivity index (χ4v) is 12.4. The molecule has 0 spiro atoms. The third-order valence-electron chi connectivity index (χ3n) is 9.78. The molecule has 43 heavy (non-hydrogen) atoms. The van der Waals surface area contributed by atoms with E-state index < -0.39 is 8.07 Å². The van der Waals surface area contributed by atoms with Crippen LogP contribution in [0.3, 0.4) is 0 Å². The van der Waals surface area contributed by atoms with Gasteiger partial charge in [0.2, 0.25) is 5.69 Å². The molecule has 1 aliphatic carbocycles. The lowest BCUT2D eigenvalue weighted by Crippen LogP contribution is -2.74. The smallest absolute Gasteiger partial charge is 0.200 e. The molecule has 0 aliphatic heterocycles. The molecule has 7 rings (SSSR count). The molecule has 1 saturated carbocycles. The summed E-state index contributed by atoms with van der Waals surface area (Å²) in [5.41, 5.74) is 5.53. The molecule has 1 aliphatic rings. The molecule has 1 heterocycles. The molecule has 5 aromatic carbocycles. The topological polar surface area (TPSA) is 3.88 Å². The van der Waals surface area contributed by atoms with E-state index in [2.05, 4.69) is 158 Å². The van der Waals surface area contributed by atoms with Gasteiger partial charge in [-0.25, -0.2) is 4.57 Å². The predicted molar refractivity (Wildman–Crippen MR) is 185 cm³/mol. The SMILES string of the molecule is Cc1ccc(C2CCCCC2)cc1-c1c2ccc([Si](c3ccccc3)(c3ccccc3)c3ccccc3)cc2cc[n+]1C. The minimum Gasteiger partial charge on any atom is -0.200 e. The van der Waals surface area contributed by atoms with Crippen molar-refractivity contribution >= 4 is 39.6 Å². The molecule has 0 bridgehead atoms. The zero-order valence-corrected chi connectivity index (χ0v) is 26.3. The molecule has 0 saturated heterocycles. The summed E-state index contributed by atoms with van der Waals surface area (Å²) in [6, 6.07) is 50.5. The fraction of sp³-hybridized carbons (Fsp3) is 0.195. The second-order valence-corrected chi connectivity index (χ2v) is 16.1. The van der Waals surface area contributed by atoms with Crippen molar-refractivity contribution in [3.63, 3.8) is 0 Å². The van der Waals surface area contributed by atoms with E-state index in [9.17, 15) is 0 Å². The molecule has 1 fully saturated rings. The summed E-state index contributed by atoms with van der Waals surface area (Å²) in [5.74, 6) is 0.689. The zero-order valence-electron chi connectivity index (χ0n) is 25.3. The summed E-state index contributed by atoms with van der Waals surface area (Å²) >= 11 is 0. The van der Waals surface area contributed by atoms with Gasteiger partial charge in [0.1, 0.15) is 7.05 Å². The first kappa shape index (κ1) is 27.6. The Kier molecular flexibility index (Phi) is 7.55. The maximum absolute atomic E-state index is 2.58. The number of fused-ring (bicyclic) bond motifs is 1. The van der Waals surface area contributed by atoms with Crippen LogP contribution in [0.1, 0.15) is 49.1 Å². The van der Waals surface area contributed by atoms with Crippen LogP contribution in [0.25, 0.3) is 22.0 Å². The molecule has 2 heteroatoms. The van der Waals surface area contributed by atoms with Crippen molar-refractivity contribution in [3.05, 3.63) is 151 Å². The van der Waals surface area contributed by atoms with Crippen molar-refractivity contribution in [2.75, 3.05) is 0 Å². The minimum atomic E-state index is -2.58. The minimum absolute atomic E-state index is 0.689. The van der Waals surface area contributed by atoms with Gasteiger partial charge in [0.05, 0.1) is 5.39 Å². The second-order valence-electron chi connectivity index (χ2n) is 12.3. The molecule has 1 nitrogen and oxygen atoms in total. The van der Waals surface area contributed by atoms with Crippen molar-refractivity contribution in [2.24, 2.45) is 7.05 Å². The Morgan fingerprint density at radius 3 is 1.74 bits per heavy atom. The van der Waals surface area contributed by atoms with Gasteiger partial charge in [0.15, 0.2) is 14.3 Å². The maximum atomic E-state index is 2.50. The molecule has 1 aromatic heterocycles. The number of aryl methyl sites for hydroxylation is 2. The molecule has 0 N–H and O–H groups in total. The molecular weight excluding hydrogens is 535 g/mol. The highest BCUT2D eigenvalue weighted by Crippen LogP contribution is 2.36. The lowest BCUT2D eigenvalue weighted by molar-refractivity contribution is -0.659.